The molecule has 0 bridgehead atoms. The van der Waals surface area contributed by atoms with E-state index in [1.165, 1.54) is 4.68 Å². The minimum atomic E-state index is -0.381. The van der Waals surface area contributed by atoms with Gasteiger partial charge in [0, 0.05) is 19.5 Å². The molecule has 0 N–H and O–H groups in total. The Labute approximate surface area is 117 Å². The fourth-order valence-corrected chi connectivity index (χ4v) is 2.77. The monoisotopic (exact) mass is 280 g/mol. The molecule has 7 nitrogen and oxygen atoms in total. The van der Waals surface area contributed by atoms with Crippen molar-refractivity contribution in [2.45, 2.75) is 45.1 Å². The lowest BCUT2D eigenvalue weighted by molar-refractivity contribution is -0.385. The van der Waals surface area contributed by atoms with E-state index in [4.69, 9.17) is 0 Å². The molecule has 1 unspecified atom stereocenters. The van der Waals surface area contributed by atoms with E-state index in [-0.39, 0.29) is 22.6 Å². The van der Waals surface area contributed by atoms with Gasteiger partial charge in [-0.25, -0.2) is 4.68 Å². The number of piperidine rings is 1. The molecular weight excluding hydrogens is 260 g/mol. The summed E-state index contributed by atoms with van der Waals surface area (Å²) >= 11 is 0. The molecule has 1 aromatic heterocycles. The topological polar surface area (TPSA) is 81.3 Å². The van der Waals surface area contributed by atoms with Gasteiger partial charge >= 0.3 is 5.69 Å². The molecule has 0 radical (unpaired) electrons. The number of carbonyl (C=O) groups excluding carboxylic acids is 1. The summed E-state index contributed by atoms with van der Waals surface area (Å²) in [5.74, 6) is 0.422. The molecule has 110 valence electrons. The number of rotatable bonds is 4. The number of aromatic nitrogens is 2. The summed E-state index contributed by atoms with van der Waals surface area (Å²) in [4.78, 5) is 24.1. The van der Waals surface area contributed by atoms with E-state index in [0.29, 0.717) is 18.1 Å². The zero-order valence-corrected chi connectivity index (χ0v) is 12.1. The standard InChI is InChI=1S/C13H20N4O3/c1-9(2)11-12(17(19)20)13(15(3)14-11)16-7-5-4-6-10(16)8-18/h8-10H,4-7H2,1-3H3. The lowest BCUT2D eigenvalue weighted by Gasteiger charge is -2.33. The molecule has 0 spiro atoms. The van der Waals surface area contributed by atoms with Crippen LogP contribution in [-0.4, -0.2) is 33.6 Å². The van der Waals surface area contributed by atoms with E-state index in [1.807, 2.05) is 18.7 Å². The third-order valence-electron chi connectivity index (χ3n) is 3.73. The molecular formula is C13H20N4O3. The van der Waals surface area contributed by atoms with Crippen LogP contribution in [0.3, 0.4) is 0 Å². The molecule has 0 saturated carbocycles. The zero-order valence-electron chi connectivity index (χ0n) is 12.1. The van der Waals surface area contributed by atoms with Crippen LogP contribution < -0.4 is 4.90 Å². The fraction of sp³-hybridized carbons (Fsp3) is 0.692. The van der Waals surface area contributed by atoms with Crippen molar-refractivity contribution in [3.05, 3.63) is 15.8 Å². The largest absolute Gasteiger partial charge is 0.341 e. The summed E-state index contributed by atoms with van der Waals surface area (Å²) in [5.41, 5.74) is 0.513. The number of aldehydes is 1. The average Bonchev–Trinajstić information content (AvgIpc) is 2.76. The summed E-state index contributed by atoms with van der Waals surface area (Å²) in [5, 5.41) is 15.7. The van der Waals surface area contributed by atoms with Crippen LogP contribution in [0.4, 0.5) is 11.5 Å². The minimum absolute atomic E-state index is 0.0326. The van der Waals surface area contributed by atoms with Crippen LogP contribution in [0.25, 0.3) is 0 Å². The summed E-state index contributed by atoms with van der Waals surface area (Å²) in [6, 6.07) is -0.294. The van der Waals surface area contributed by atoms with E-state index >= 15 is 0 Å². The van der Waals surface area contributed by atoms with Crippen molar-refractivity contribution in [2.75, 3.05) is 11.4 Å². The highest BCUT2D eigenvalue weighted by Crippen LogP contribution is 2.37. The van der Waals surface area contributed by atoms with Crippen LogP contribution in [0.1, 0.15) is 44.7 Å². The predicted octanol–water partition coefficient (Wildman–Crippen LogP) is 2.01. The molecule has 1 saturated heterocycles. The Bertz CT molecular complexity index is 524. The maximum atomic E-state index is 11.4. The molecule has 1 fully saturated rings. The van der Waals surface area contributed by atoms with Crippen molar-refractivity contribution in [3.8, 4) is 0 Å². The van der Waals surface area contributed by atoms with Gasteiger partial charge in [-0.15, -0.1) is 0 Å². The number of hydrogen-bond acceptors (Lipinski definition) is 5. The third kappa shape index (κ3) is 2.39. The van der Waals surface area contributed by atoms with Crippen LogP contribution in [0, 0.1) is 10.1 Å². The van der Waals surface area contributed by atoms with E-state index in [0.717, 1.165) is 25.5 Å². The van der Waals surface area contributed by atoms with Crippen molar-refractivity contribution in [1.29, 1.82) is 0 Å². The molecule has 1 atom stereocenters. The number of aryl methyl sites for hydroxylation is 1. The maximum Gasteiger partial charge on any atom is 0.334 e. The first-order valence-corrected chi connectivity index (χ1v) is 6.90. The predicted molar refractivity (Wildman–Crippen MR) is 75.0 cm³/mol. The van der Waals surface area contributed by atoms with Crippen molar-refractivity contribution in [1.82, 2.24) is 9.78 Å². The van der Waals surface area contributed by atoms with Gasteiger partial charge < -0.3 is 9.69 Å². The Hall–Kier alpha value is -1.92. The first-order valence-electron chi connectivity index (χ1n) is 6.90. The summed E-state index contributed by atoms with van der Waals surface area (Å²) < 4.78 is 1.54. The number of carbonyl (C=O) groups is 1. The number of nitrogens with zero attached hydrogens (tertiary/aromatic N) is 4. The van der Waals surface area contributed by atoms with Gasteiger partial charge in [0.25, 0.3) is 0 Å². The minimum Gasteiger partial charge on any atom is -0.341 e. The summed E-state index contributed by atoms with van der Waals surface area (Å²) in [6.07, 6.45) is 3.53. The molecule has 7 heteroatoms. The average molecular weight is 280 g/mol. The molecule has 0 aromatic carbocycles. The van der Waals surface area contributed by atoms with Gasteiger partial charge in [0.05, 0.1) is 11.0 Å². The number of nitro groups is 1. The maximum absolute atomic E-state index is 11.4. The second-order valence-corrected chi connectivity index (χ2v) is 5.49. The molecule has 2 heterocycles. The van der Waals surface area contributed by atoms with Crippen LogP contribution in [0.15, 0.2) is 0 Å². The van der Waals surface area contributed by atoms with E-state index in [2.05, 4.69) is 5.10 Å². The Morgan fingerprint density at radius 2 is 2.15 bits per heavy atom. The normalized spacial score (nSPS) is 19.4. The van der Waals surface area contributed by atoms with E-state index < -0.39 is 0 Å². The quantitative estimate of drug-likeness (QED) is 0.478. The van der Waals surface area contributed by atoms with Gasteiger partial charge in [-0.2, -0.15) is 5.10 Å². The van der Waals surface area contributed by atoms with Crippen LogP contribution in [0.5, 0.6) is 0 Å². The second kappa shape index (κ2) is 5.60. The van der Waals surface area contributed by atoms with Gasteiger partial charge in [-0.3, -0.25) is 10.1 Å². The van der Waals surface area contributed by atoms with Gasteiger partial charge in [-0.1, -0.05) is 13.8 Å². The van der Waals surface area contributed by atoms with Crippen LogP contribution >= 0.6 is 0 Å². The zero-order chi connectivity index (χ0) is 14.9. The molecule has 1 aliphatic heterocycles. The molecule has 20 heavy (non-hydrogen) atoms. The van der Waals surface area contributed by atoms with E-state index in [1.54, 1.807) is 7.05 Å². The molecule has 0 aliphatic carbocycles. The first-order chi connectivity index (χ1) is 9.47. The number of anilines is 1. The van der Waals surface area contributed by atoms with Crippen LogP contribution in [0.2, 0.25) is 0 Å². The lowest BCUT2D eigenvalue weighted by atomic mass is 10.0. The fourth-order valence-electron chi connectivity index (χ4n) is 2.77. The Morgan fingerprint density at radius 3 is 2.70 bits per heavy atom. The Balaban J connectivity index is 2.54. The van der Waals surface area contributed by atoms with Gasteiger partial charge in [0.2, 0.25) is 5.82 Å². The summed E-state index contributed by atoms with van der Waals surface area (Å²) in [6.45, 7) is 4.42. The Morgan fingerprint density at radius 1 is 1.45 bits per heavy atom. The van der Waals surface area contributed by atoms with Crippen molar-refractivity contribution >= 4 is 17.8 Å². The van der Waals surface area contributed by atoms with Gasteiger partial charge in [0.1, 0.15) is 12.0 Å². The smallest absolute Gasteiger partial charge is 0.334 e. The lowest BCUT2D eigenvalue weighted by Crippen LogP contribution is -2.42. The highest BCUT2D eigenvalue weighted by molar-refractivity contribution is 5.71. The van der Waals surface area contributed by atoms with Crippen molar-refractivity contribution in [2.24, 2.45) is 7.05 Å². The molecule has 1 aliphatic rings. The third-order valence-corrected chi connectivity index (χ3v) is 3.73. The van der Waals surface area contributed by atoms with Crippen molar-refractivity contribution in [3.63, 3.8) is 0 Å². The highest BCUT2D eigenvalue weighted by Gasteiger charge is 2.35. The molecule has 0 amide bonds. The Kier molecular flexibility index (Phi) is 4.06. The molecule has 1 aromatic rings. The van der Waals surface area contributed by atoms with Gasteiger partial charge in [0.15, 0.2) is 0 Å². The van der Waals surface area contributed by atoms with E-state index in [9.17, 15) is 14.9 Å². The van der Waals surface area contributed by atoms with Crippen molar-refractivity contribution < 1.29 is 9.72 Å². The first kappa shape index (κ1) is 14.5. The SMILES string of the molecule is CC(C)c1nn(C)c(N2CCCCC2C=O)c1[N+](=O)[O-]. The molecule has 2 rings (SSSR count). The number of hydrogen-bond donors (Lipinski definition) is 0. The summed E-state index contributed by atoms with van der Waals surface area (Å²) in [7, 11) is 1.70. The highest BCUT2D eigenvalue weighted by atomic mass is 16.6. The second-order valence-electron chi connectivity index (χ2n) is 5.49. The van der Waals surface area contributed by atoms with Crippen LogP contribution in [-0.2, 0) is 11.8 Å². The van der Waals surface area contributed by atoms with Gasteiger partial charge in [-0.05, 0) is 19.3 Å².